The largest absolute Gasteiger partial charge is 0.527 e. The van der Waals surface area contributed by atoms with Gasteiger partial charge in [0, 0.05) is 11.6 Å². The SMILES string of the molecule is CCCc1ccc2cc(C3CCC(COc4ccc(-c5cc(F)c(C(F)(F)OC(F)(F)F)c(F)c5)c(F)c4)CC3)ccc2c1. The Morgan fingerprint density at radius 3 is 2.02 bits per heavy atom. The van der Waals surface area contributed by atoms with Crippen LogP contribution < -0.4 is 4.74 Å². The van der Waals surface area contributed by atoms with Crippen molar-refractivity contribution in [2.24, 2.45) is 5.92 Å². The van der Waals surface area contributed by atoms with Gasteiger partial charge in [0.25, 0.3) is 0 Å². The molecule has 1 saturated carbocycles. The molecule has 2 nitrogen and oxygen atoms in total. The van der Waals surface area contributed by atoms with E-state index in [0.29, 0.717) is 24.7 Å². The van der Waals surface area contributed by atoms with Crippen LogP contribution in [0.5, 0.6) is 5.75 Å². The zero-order valence-electron chi connectivity index (χ0n) is 23.8. The highest BCUT2D eigenvalue weighted by molar-refractivity contribution is 5.84. The van der Waals surface area contributed by atoms with Gasteiger partial charge in [-0.2, -0.15) is 8.78 Å². The molecule has 0 saturated heterocycles. The molecular weight excluding hydrogens is 592 g/mol. The van der Waals surface area contributed by atoms with E-state index in [4.69, 9.17) is 4.74 Å². The van der Waals surface area contributed by atoms with E-state index >= 15 is 0 Å². The van der Waals surface area contributed by atoms with Crippen molar-refractivity contribution in [1.29, 1.82) is 0 Å². The summed E-state index contributed by atoms with van der Waals surface area (Å²) in [6.07, 6.45) is -5.19. The van der Waals surface area contributed by atoms with Crippen molar-refractivity contribution >= 4 is 10.8 Å². The highest BCUT2D eigenvalue weighted by atomic mass is 19.4. The van der Waals surface area contributed by atoms with Crippen LogP contribution in [0.15, 0.2) is 66.7 Å². The van der Waals surface area contributed by atoms with Gasteiger partial charge >= 0.3 is 12.5 Å². The lowest BCUT2D eigenvalue weighted by molar-refractivity contribution is -0.432. The van der Waals surface area contributed by atoms with Crippen LogP contribution >= 0.6 is 0 Å². The molecule has 0 aromatic heterocycles. The first-order chi connectivity index (χ1) is 20.8. The summed E-state index contributed by atoms with van der Waals surface area (Å²) in [5, 5.41) is 2.47. The Kier molecular flexibility index (Phi) is 9.20. The Morgan fingerprint density at radius 2 is 1.39 bits per heavy atom. The molecule has 0 radical (unpaired) electrons. The van der Waals surface area contributed by atoms with E-state index in [9.17, 15) is 35.1 Å². The lowest BCUT2D eigenvalue weighted by Crippen LogP contribution is -2.29. The van der Waals surface area contributed by atoms with Gasteiger partial charge in [-0.3, -0.25) is 0 Å². The molecule has 10 heteroatoms. The van der Waals surface area contributed by atoms with Gasteiger partial charge in [-0.15, -0.1) is 13.2 Å². The summed E-state index contributed by atoms with van der Waals surface area (Å²) in [7, 11) is 0. The van der Waals surface area contributed by atoms with Crippen LogP contribution in [0.1, 0.15) is 61.6 Å². The molecule has 0 heterocycles. The lowest BCUT2D eigenvalue weighted by Gasteiger charge is -2.29. The first-order valence-electron chi connectivity index (χ1n) is 14.4. The van der Waals surface area contributed by atoms with Gasteiger partial charge in [0.15, 0.2) is 0 Å². The number of benzene rings is 4. The Hall–Kier alpha value is -3.66. The molecule has 1 aliphatic rings. The average molecular weight is 623 g/mol. The molecule has 0 spiro atoms. The maximum Gasteiger partial charge on any atom is 0.527 e. The summed E-state index contributed by atoms with van der Waals surface area (Å²) in [6.45, 7) is 2.51. The van der Waals surface area contributed by atoms with Crippen molar-refractivity contribution in [1.82, 2.24) is 0 Å². The average Bonchev–Trinajstić information content (AvgIpc) is 2.94. The maximum atomic E-state index is 14.9. The van der Waals surface area contributed by atoms with E-state index in [1.165, 1.54) is 28.0 Å². The normalized spacial score (nSPS) is 17.7. The number of aryl methyl sites for hydroxylation is 1. The fourth-order valence-corrected chi connectivity index (χ4v) is 5.91. The number of ether oxygens (including phenoxy) is 2. The monoisotopic (exact) mass is 622 g/mol. The van der Waals surface area contributed by atoms with E-state index in [-0.39, 0.29) is 17.2 Å². The summed E-state index contributed by atoms with van der Waals surface area (Å²) in [5.41, 5.74) is -0.403. The minimum atomic E-state index is -5.85. The predicted molar refractivity (Wildman–Crippen MR) is 151 cm³/mol. The quantitative estimate of drug-likeness (QED) is 0.173. The van der Waals surface area contributed by atoms with E-state index in [1.807, 2.05) is 0 Å². The molecule has 1 aliphatic carbocycles. The van der Waals surface area contributed by atoms with Gasteiger partial charge in [0.05, 0.1) is 6.61 Å². The van der Waals surface area contributed by atoms with E-state index in [1.54, 1.807) is 0 Å². The molecule has 234 valence electrons. The number of hydrogen-bond acceptors (Lipinski definition) is 2. The number of halogens is 8. The zero-order valence-corrected chi connectivity index (χ0v) is 23.8. The van der Waals surface area contributed by atoms with Crippen molar-refractivity contribution < 1.29 is 44.6 Å². The molecule has 0 aliphatic heterocycles. The standard InChI is InChI=1S/C34H30F8O2/c1-2-3-20-4-9-25-15-24(11-10-23(25)14-20)22-7-5-21(6-8-22)19-43-27-12-13-28(29(35)18-27)26-16-30(36)32(31(37)17-26)33(38,39)44-34(40,41)42/h4,9-18,21-22H,2-3,5-8,19H2,1H3. The van der Waals surface area contributed by atoms with Gasteiger partial charge in [-0.05, 0) is 95.7 Å². The Morgan fingerprint density at radius 1 is 0.727 bits per heavy atom. The van der Waals surface area contributed by atoms with E-state index in [2.05, 4.69) is 48.1 Å². The van der Waals surface area contributed by atoms with Gasteiger partial charge in [-0.1, -0.05) is 49.7 Å². The number of alkyl halides is 5. The van der Waals surface area contributed by atoms with Gasteiger partial charge in [0.2, 0.25) is 0 Å². The second-order valence-electron chi connectivity index (χ2n) is 11.2. The molecule has 5 rings (SSSR count). The molecule has 0 atom stereocenters. The predicted octanol–water partition coefficient (Wildman–Crippen LogP) is 10.8. The summed E-state index contributed by atoms with van der Waals surface area (Å²) in [5.74, 6) is -4.12. The Bertz CT molecular complexity index is 1600. The minimum absolute atomic E-state index is 0.174. The van der Waals surface area contributed by atoms with E-state index < -0.39 is 41.0 Å². The van der Waals surface area contributed by atoms with Crippen molar-refractivity contribution in [3.8, 4) is 16.9 Å². The van der Waals surface area contributed by atoms with Gasteiger partial charge in [-0.25, -0.2) is 17.9 Å². The molecule has 4 aromatic carbocycles. The Balaban J connectivity index is 1.19. The van der Waals surface area contributed by atoms with Crippen LogP contribution in [0.2, 0.25) is 0 Å². The second kappa shape index (κ2) is 12.8. The minimum Gasteiger partial charge on any atom is -0.493 e. The summed E-state index contributed by atoms with van der Waals surface area (Å²) in [4.78, 5) is 0. The summed E-state index contributed by atoms with van der Waals surface area (Å²) < 4.78 is 116. The molecule has 44 heavy (non-hydrogen) atoms. The van der Waals surface area contributed by atoms with Crippen molar-refractivity contribution in [2.75, 3.05) is 6.61 Å². The number of fused-ring (bicyclic) bond motifs is 1. The van der Waals surface area contributed by atoms with Crippen LogP contribution in [-0.4, -0.2) is 13.0 Å². The second-order valence-corrected chi connectivity index (χ2v) is 11.2. The third-order valence-corrected chi connectivity index (χ3v) is 8.10. The molecule has 0 bridgehead atoms. The van der Waals surface area contributed by atoms with Crippen LogP contribution in [0, 0.1) is 23.4 Å². The molecule has 0 amide bonds. The third-order valence-electron chi connectivity index (χ3n) is 8.10. The van der Waals surface area contributed by atoms with Crippen molar-refractivity contribution in [2.45, 2.75) is 63.8 Å². The Labute approximate surface area is 249 Å². The topological polar surface area (TPSA) is 18.5 Å². The number of hydrogen-bond donors (Lipinski definition) is 0. The first kappa shape index (κ1) is 31.8. The van der Waals surface area contributed by atoms with Gasteiger partial charge < -0.3 is 4.74 Å². The first-order valence-corrected chi connectivity index (χ1v) is 14.4. The third kappa shape index (κ3) is 7.34. The molecule has 0 N–H and O–H groups in total. The lowest BCUT2D eigenvalue weighted by atomic mass is 9.78. The highest BCUT2D eigenvalue weighted by Crippen LogP contribution is 2.41. The molecule has 1 fully saturated rings. The number of rotatable bonds is 9. The summed E-state index contributed by atoms with van der Waals surface area (Å²) in [6, 6.07) is 17.5. The highest BCUT2D eigenvalue weighted by Gasteiger charge is 2.49. The maximum absolute atomic E-state index is 14.9. The molecule has 4 aromatic rings. The zero-order chi connectivity index (χ0) is 31.6. The smallest absolute Gasteiger partial charge is 0.493 e. The van der Waals surface area contributed by atoms with Crippen LogP contribution in [-0.2, 0) is 17.3 Å². The van der Waals surface area contributed by atoms with Crippen LogP contribution in [0.3, 0.4) is 0 Å². The van der Waals surface area contributed by atoms with Crippen LogP contribution in [0.25, 0.3) is 21.9 Å². The fraction of sp³-hybridized carbons (Fsp3) is 0.353. The fourth-order valence-electron chi connectivity index (χ4n) is 5.91. The molecule has 0 unspecified atom stereocenters. The molecular formula is C34H30F8O2. The van der Waals surface area contributed by atoms with Crippen LogP contribution in [0.4, 0.5) is 35.1 Å². The van der Waals surface area contributed by atoms with Gasteiger partial charge in [0.1, 0.15) is 28.8 Å². The van der Waals surface area contributed by atoms with Crippen molar-refractivity contribution in [3.05, 3.63) is 101 Å². The van der Waals surface area contributed by atoms with E-state index in [0.717, 1.165) is 50.7 Å². The summed E-state index contributed by atoms with van der Waals surface area (Å²) >= 11 is 0. The van der Waals surface area contributed by atoms with Crippen molar-refractivity contribution in [3.63, 3.8) is 0 Å².